The van der Waals surface area contributed by atoms with E-state index in [1.54, 1.807) is 0 Å². The number of hydrogen-bond acceptors (Lipinski definition) is 1. The first-order valence-corrected chi connectivity index (χ1v) is 8.60. The zero-order valence-corrected chi connectivity index (χ0v) is 14.9. The number of halogens is 1. The van der Waals surface area contributed by atoms with Gasteiger partial charge in [-0.3, -0.25) is 4.79 Å². The number of fused-ring (bicyclic) bond motifs is 1. The average molecular weight is 371 g/mol. The van der Waals surface area contributed by atoms with Crippen LogP contribution in [0.5, 0.6) is 0 Å². The normalized spacial score (nSPS) is 10.9. The molecule has 1 N–H and O–H groups in total. The summed E-state index contributed by atoms with van der Waals surface area (Å²) in [6.45, 7) is 5.41. The lowest BCUT2D eigenvalue weighted by Gasteiger charge is -2.20. The molecule has 1 heterocycles. The largest absolute Gasteiger partial charge is 0.355 e. The number of carbonyl (C=O) groups is 1. The lowest BCUT2D eigenvalue weighted by molar-refractivity contribution is 0.0773. The topological polar surface area (TPSA) is 36.1 Å². The first kappa shape index (κ1) is 15.8. The van der Waals surface area contributed by atoms with Gasteiger partial charge in [0.25, 0.3) is 5.91 Å². The number of para-hydroxylation sites is 1. The van der Waals surface area contributed by atoms with Crippen LogP contribution in [0.15, 0.2) is 53.0 Å². The van der Waals surface area contributed by atoms with Gasteiger partial charge < -0.3 is 9.88 Å². The Morgan fingerprint density at radius 2 is 1.83 bits per heavy atom. The highest BCUT2D eigenvalue weighted by atomic mass is 79.9. The van der Waals surface area contributed by atoms with Crippen LogP contribution in [0, 0.1) is 0 Å². The summed E-state index contributed by atoms with van der Waals surface area (Å²) in [6, 6.07) is 16.1. The number of amides is 1. The second-order valence-corrected chi connectivity index (χ2v) is 6.35. The van der Waals surface area contributed by atoms with E-state index in [1.165, 1.54) is 0 Å². The molecule has 3 aromatic rings. The van der Waals surface area contributed by atoms with E-state index in [9.17, 15) is 4.79 Å². The summed E-state index contributed by atoms with van der Waals surface area (Å²) in [4.78, 5) is 18.1. The molecule has 23 heavy (non-hydrogen) atoms. The molecule has 0 bridgehead atoms. The molecule has 4 heteroatoms. The number of H-pyrrole nitrogens is 1. The van der Waals surface area contributed by atoms with Gasteiger partial charge in [-0.2, -0.15) is 0 Å². The Morgan fingerprint density at radius 1 is 1.09 bits per heavy atom. The van der Waals surface area contributed by atoms with Crippen LogP contribution < -0.4 is 0 Å². The highest BCUT2D eigenvalue weighted by Crippen LogP contribution is 2.30. The second kappa shape index (κ2) is 6.59. The van der Waals surface area contributed by atoms with Crippen LogP contribution in [0.2, 0.25) is 0 Å². The molecule has 0 aliphatic rings. The van der Waals surface area contributed by atoms with Gasteiger partial charge in [-0.1, -0.05) is 40.2 Å². The molecule has 0 unspecified atom stereocenters. The van der Waals surface area contributed by atoms with E-state index in [1.807, 2.05) is 55.1 Å². The maximum atomic E-state index is 12.9. The number of aromatic nitrogens is 1. The Kier molecular flexibility index (Phi) is 4.53. The average Bonchev–Trinajstić information content (AvgIpc) is 2.99. The number of benzene rings is 2. The molecule has 0 atom stereocenters. The maximum Gasteiger partial charge on any atom is 0.254 e. The first-order valence-electron chi connectivity index (χ1n) is 7.81. The number of nitrogens with one attached hydrogen (secondary N) is 1. The van der Waals surface area contributed by atoms with Gasteiger partial charge in [0.1, 0.15) is 0 Å². The van der Waals surface area contributed by atoms with E-state index in [2.05, 4.69) is 33.0 Å². The Labute approximate surface area is 144 Å². The summed E-state index contributed by atoms with van der Waals surface area (Å²) in [5.74, 6) is 0.0601. The van der Waals surface area contributed by atoms with Gasteiger partial charge in [0.05, 0.1) is 0 Å². The van der Waals surface area contributed by atoms with Gasteiger partial charge in [0, 0.05) is 45.3 Å². The molecule has 3 nitrogen and oxygen atoms in total. The molecule has 0 saturated heterocycles. The summed E-state index contributed by atoms with van der Waals surface area (Å²) in [6.07, 6.45) is 0. The molecule has 3 rings (SSSR count). The number of carbonyl (C=O) groups excluding carboxylic acids is 1. The lowest BCUT2D eigenvalue weighted by atomic mass is 10.0. The van der Waals surface area contributed by atoms with Crippen LogP contribution in [0.4, 0.5) is 0 Å². The van der Waals surface area contributed by atoms with Crippen molar-refractivity contribution in [2.75, 3.05) is 13.1 Å². The van der Waals surface area contributed by atoms with E-state index in [0.29, 0.717) is 13.1 Å². The molecular weight excluding hydrogens is 352 g/mol. The Bertz CT molecular complexity index is 816. The van der Waals surface area contributed by atoms with Gasteiger partial charge in [-0.15, -0.1) is 0 Å². The fourth-order valence-corrected chi connectivity index (χ4v) is 3.19. The monoisotopic (exact) mass is 370 g/mol. The Balaban J connectivity index is 2.13. The Morgan fingerprint density at radius 3 is 2.52 bits per heavy atom. The van der Waals surface area contributed by atoms with Crippen LogP contribution in [0.25, 0.3) is 22.2 Å². The minimum Gasteiger partial charge on any atom is -0.355 e. The molecule has 0 radical (unpaired) electrons. The van der Waals surface area contributed by atoms with Crippen molar-refractivity contribution in [3.05, 3.63) is 58.6 Å². The summed E-state index contributed by atoms with van der Waals surface area (Å²) in [5, 5.41) is 1.15. The highest BCUT2D eigenvalue weighted by molar-refractivity contribution is 9.10. The van der Waals surface area contributed by atoms with Crippen molar-refractivity contribution in [2.24, 2.45) is 0 Å². The minimum atomic E-state index is 0.0601. The zero-order chi connectivity index (χ0) is 16.4. The van der Waals surface area contributed by atoms with Crippen LogP contribution in [0.3, 0.4) is 0 Å². The fraction of sp³-hybridized carbons (Fsp3) is 0.211. The van der Waals surface area contributed by atoms with Crippen LogP contribution in [-0.2, 0) is 0 Å². The fourth-order valence-electron chi connectivity index (χ4n) is 2.83. The van der Waals surface area contributed by atoms with Gasteiger partial charge in [-0.25, -0.2) is 0 Å². The van der Waals surface area contributed by atoms with Crippen molar-refractivity contribution in [1.82, 2.24) is 9.88 Å². The van der Waals surface area contributed by atoms with Crippen LogP contribution in [0.1, 0.15) is 24.2 Å². The molecular formula is C19H19BrN2O. The van der Waals surface area contributed by atoms with Gasteiger partial charge in [-0.05, 0) is 38.1 Å². The van der Waals surface area contributed by atoms with Crippen molar-refractivity contribution in [1.29, 1.82) is 0 Å². The predicted molar refractivity (Wildman–Crippen MR) is 98.7 cm³/mol. The first-order chi connectivity index (χ1) is 11.1. The second-order valence-electron chi connectivity index (χ2n) is 5.44. The number of aromatic amines is 1. The predicted octanol–water partition coefficient (Wildman–Crippen LogP) is 5.08. The molecule has 0 fully saturated rings. The van der Waals surface area contributed by atoms with E-state index >= 15 is 0 Å². The van der Waals surface area contributed by atoms with Crippen molar-refractivity contribution >= 4 is 32.7 Å². The summed E-state index contributed by atoms with van der Waals surface area (Å²) < 4.78 is 0.910. The van der Waals surface area contributed by atoms with Crippen molar-refractivity contribution in [3.8, 4) is 11.3 Å². The van der Waals surface area contributed by atoms with Crippen molar-refractivity contribution < 1.29 is 4.79 Å². The molecule has 118 valence electrons. The number of nitrogens with zero attached hydrogens (tertiary/aromatic N) is 1. The van der Waals surface area contributed by atoms with Crippen molar-refractivity contribution in [3.63, 3.8) is 0 Å². The van der Waals surface area contributed by atoms with Crippen molar-refractivity contribution in [2.45, 2.75) is 13.8 Å². The van der Waals surface area contributed by atoms with E-state index in [0.717, 1.165) is 32.2 Å². The van der Waals surface area contributed by atoms with Gasteiger partial charge >= 0.3 is 0 Å². The molecule has 0 aliphatic heterocycles. The standard InChI is InChI=1S/C19H19BrN2O/c1-3-22(4-2)19(23)16-12-14(20)9-10-15(16)18-11-13-7-5-6-8-17(13)21-18/h5-12,21H,3-4H2,1-2H3. The Hall–Kier alpha value is -2.07. The number of rotatable bonds is 4. The quantitative estimate of drug-likeness (QED) is 0.682. The summed E-state index contributed by atoms with van der Waals surface area (Å²) in [5.41, 5.74) is 3.69. The van der Waals surface area contributed by atoms with Crippen LogP contribution >= 0.6 is 15.9 Å². The third kappa shape index (κ3) is 3.04. The molecule has 0 spiro atoms. The third-order valence-corrected chi connectivity index (χ3v) is 4.58. The summed E-state index contributed by atoms with van der Waals surface area (Å²) >= 11 is 3.48. The van der Waals surface area contributed by atoms with Gasteiger partial charge in [0.2, 0.25) is 0 Å². The maximum absolute atomic E-state index is 12.9. The smallest absolute Gasteiger partial charge is 0.254 e. The minimum absolute atomic E-state index is 0.0601. The van der Waals surface area contributed by atoms with Gasteiger partial charge in [0.15, 0.2) is 0 Å². The molecule has 0 aliphatic carbocycles. The van der Waals surface area contributed by atoms with E-state index in [4.69, 9.17) is 0 Å². The summed E-state index contributed by atoms with van der Waals surface area (Å²) in [7, 11) is 0. The zero-order valence-electron chi connectivity index (χ0n) is 13.3. The number of hydrogen-bond donors (Lipinski definition) is 1. The highest BCUT2D eigenvalue weighted by Gasteiger charge is 2.18. The van der Waals surface area contributed by atoms with E-state index in [-0.39, 0.29) is 5.91 Å². The third-order valence-electron chi connectivity index (χ3n) is 4.08. The van der Waals surface area contributed by atoms with Crippen LogP contribution in [-0.4, -0.2) is 28.9 Å². The lowest BCUT2D eigenvalue weighted by Crippen LogP contribution is -2.30. The van der Waals surface area contributed by atoms with E-state index < -0.39 is 0 Å². The SMILES string of the molecule is CCN(CC)C(=O)c1cc(Br)ccc1-c1cc2ccccc2[nH]1. The molecule has 1 amide bonds. The molecule has 1 aromatic heterocycles. The molecule has 0 saturated carbocycles. The molecule has 2 aromatic carbocycles.